The summed E-state index contributed by atoms with van der Waals surface area (Å²) in [6.07, 6.45) is 3.43. The third-order valence-corrected chi connectivity index (χ3v) is 3.88. The number of amides is 2. The van der Waals surface area contributed by atoms with E-state index >= 15 is 0 Å². The van der Waals surface area contributed by atoms with E-state index in [1.54, 1.807) is 23.2 Å². The summed E-state index contributed by atoms with van der Waals surface area (Å²) < 4.78 is 4.98. The smallest absolute Gasteiger partial charge is 0.229 e. The van der Waals surface area contributed by atoms with Crippen molar-refractivity contribution in [1.82, 2.24) is 14.9 Å². The Morgan fingerprint density at radius 1 is 1.33 bits per heavy atom. The highest BCUT2D eigenvalue weighted by molar-refractivity contribution is 5.97. The van der Waals surface area contributed by atoms with Crippen LogP contribution in [0, 0.1) is 5.92 Å². The summed E-state index contributed by atoms with van der Waals surface area (Å²) in [6.45, 7) is 0.818. The van der Waals surface area contributed by atoms with Gasteiger partial charge in [-0.3, -0.25) is 14.6 Å². The maximum Gasteiger partial charge on any atom is 0.229 e. The fourth-order valence-electron chi connectivity index (χ4n) is 2.61. The summed E-state index contributed by atoms with van der Waals surface area (Å²) in [6, 6.07) is 8.96. The van der Waals surface area contributed by atoms with Crippen LogP contribution in [-0.4, -0.2) is 40.3 Å². The zero-order valence-electron chi connectivity index (χ0n) is 13.3. The van der Waals surface area contributed by atoms with Crippen LogP contribution in [0.5, 0.6) is 5.88 Å². The van der Waals surface area contributed by atoms with E-state index in [1.807, 2.05) is 18.2 Å². The molecule has 0 aromatic carbocycles. The van der Waals surface area contributed by atoms with Crippen molar-refractivity contribution >= 4 is 17.5 Å². The van der Waals surface area contributed by atoms with Crippen molar-refractivity contribution in [2.45, 2.75) is 13.0 Å². The number of carbonyl (C=O) groups excluding carboxylic acids is 2. The van der Waals surface area contributed by atoms with E-state index in [9.17, 15) is 9.59 Å². The van der Waals surface area contributed by atoms with Crippen LogP contribution in [0.4, 0.5) is 5.69 Å². The second kappa shape index (κ2) is 7.08. The van der Waals surface area contributed by atoms with Crippen LogP contribution in [0.3, 0.4) is 0 Å². The number of hydrogen-bond donors (Lipinski definition) is 1. The Kier molecular flexibility index (Phi) is 4.69. The average Bonchev–Trinajstić information content (AvgIpc) is 2.97. The van der Waals surface area contributed by atoms with E-state index in [1.165, 1.54) is 13.3 Å². The van der Waals surface area contributed by atoms with Gasteiger partial charge in [0.05, 0.1) is 37.2 Å². The van der Waals surface area contributed by atoms with Crippen LogP contribution in [-0.2, 0) is 16.1 Å². The Morgan fingerprint density at radius 2 is 2.21 bits per heavy atom. The van der Waals surface area contributed by atoms with Crippen LogP contribution in [0.2, 0.25) is 0 Å². The van der Waals surface area contributed by atoms with Gasteiger partial charge in [0.15, 0.2) is 0 Å². The lowest BCUT2D eigenvalue weighted by atomic mass is 10.1. The highest BCUT2D eigenvalue weighted by Gasteiger charge is 2.34. The molecular weight excluding hydrogens is 308 g/mol. The van der Waals surface area contributed by atoms with Gasteiger partial charge in [-0.05, 0) is 18.2 Å². The number of nitrogens with zero attached hydrogens (tertiary/aromatic N) is 3. The van der Waals surface area contributed by atoms with Gasteiger partial charge in [0.1, 0.15) is 0 Å². The minimum atomic E-state index is -0.372. The number of pyridine rings is 2. The average molecular weight is 326 g/mol. The predicted octanol–water partition coefficient (Wildman–Crippen LogP) is 1.47. The van der Waals surface area contributed by atoms with E-state index in [0.717, 1.165) is 5.69 Å². The Labute approximate surface area is 139 Å². The fourth-order valence-corrected chi connectivity index (χ4v) is 2.61. The lowest BCUT2D eigenvalue weighted by molar-refractivity contribution is -0.128. The Morgan fingerprint density at radius 3 is 2.88 bits per heavy atom. The lowest BCUT2D eigenvalue weighted by Gasteiger charge is -2.16. The molecule has 1 atom stereocenters. The summed E-state index contributed by atoms with van der Waals surface area (Å²) in [5.41, 5.74) is 1.39. The first kappa shape index (κ1) is 15.9. The number of rotatable bonds is 5. The monoisotopic (exact) mass is 326 g/mol. The Bertz CT molecular complexity index is 718. The predicted molar refractivity (Wildman–Crippen MR) is 87.2 cm³/mol. The molecule has 1 aliphatic heterocycles. The molecule has 2 amide bonds. The van der Waals surface area contributed by atoms with Crippen LogP contribution < -0.4 is 10.1 Å². The molecule has 0 radical (unpaired) electrons. The van der Waals surface area contributed by atoms with Crippen molar-refractivity contribution in [2.24, 2.45) is 5.92 Å². The molecule has 3 heterocycles. The third kappa shape index (κ3) is 3.68. The molecule has 1 fully saturated rings. The number of likely N-dealkylation sites (tertiary alicyclic amines) is 1. The molecule has 7 nitrogen and oxygen atoms in total. The minimum Gasteiger partial charge on any atom is -0.481 e. The quantitative estimate of drug-likeness (QED) is 0.899. The fraction of sp³-hybridized carbons (Fsp3) is 0.294. The summed E-state index contributed by atoms with van der Waals surface area (Å²) >= 11 is 0. The highest BCUT2D eigenvalue weighted by atomic mass is 16.5. The maximum absolute atomic E-state index is 12.3. The zero-order chi connectivity index (χ0) is 16.9. The molecule has 124 valence electrons. The first-order chi connectivity index (χ1) is 11.7. The van der Waals surface area contributed by atoms with Crippen molar-refractivity contribution in [3.63, 3.8) is 0 Å². The normalized spacial score (nSPS) is 17.0. The van der Waals surface area contributed by atoms with Gasteiger partial charge >= 0.3 is 0 Å². The molecule has 0 bridgehead atoms. The summed E-state index contributed by atoms with van der Waals surface area (Å²) in [7, 11) is 1.53. The van der Waals surface area contributed by atoms with Gasteiger partial charge in [-0.15, -0.1) is 0 Å². The molecule has 1 aliphatic rings. The molecule has 0 aliphatic carbocycles. The topological polar surface area (TPSA) is 84.4 Å². The zero-order valence-corrected chi connectivity index (χ0v) is 13.3. The van der Waals surface area contributed by atoms with Crippen molar-refractivity contribution in [2.75, 3.05) is 19.0 Å². The molecule has 2 aromatic heterocycles. The van der Waals surface area contributed by atoms with Crippen molar-refractivity contribution in [1.29, 1.82) is 0 Å². The number of methoxy groups -OCH3 is 1. The molecule has 7 heteroatoms. The van der Waals surface area contributed by atoms with Crippen LogP contribution in [0.15, 0.2) is 42.7 Å². The van der Waals surface area contributed by atoms with Gasteiger partial charge < -0.3 is 15.0 Å². The SMILES string of the molecule is COc1ccc(NC(=O)[C@@H]2CC(=O)N(Cc3ccccn3)C2)cn1. The minimum absolute atomic E-state index is 0.0336. The van der Waals surface area contributed by atoms with E-state index in [-0.39, 0.29) is 24.2 Å². The molecule has 24 heavy (non-hydrogen) atoms. The van der Waals surface area contributed by atoms with Gasteiger partial charge in [-0.25, -0.2) is 4.98 Å². The van der Waals surface area contributed by atoms with Crippen LogP contribution in [0.1, 0.15) is 12.1 Å². The number of nitrogens with one attached hydrogen (secondary N) is 1. The maximum atomic E-state index is 12.3. The van der Waals surface area contributed by atoms with E-state index in [2.05, 4.69) is 15.3 Å². The van der Waals surface area contributed by atoms with E-state index in [0.29, 0.717) is 24.7 Å². The van der Waals surface area contributed by atoms with E-state index in [4.69, 9.17) is 4.74 Å². The van der Waals surface area contributed by atoms with Gasteiger partial charge in [-0.2, -0.15) is 0 Å². The van der Waals surface area contributed by atoms with Gasteiger partial charge in [0.25, 0.3) is 0 Å². The van der Waals surface area contributed by atoms with Gasteiger partial charge in [-0.1, -0.05) is 6.07 Å². The number of hydrogen-bond acceptors (Lipinski definition) is 5. The third-order valence-electron chi connectivity index (χ3n) is 3.88. The molecule has 0 saturated carbocycles. The summed E-state index contributed by atoms with van der Waals surface area (Å²) in [4.78, 5) is 34.4. The van der Waals surface area contributed by atoms with Gasteiger partial charge in [0, 0.05) is 25.2 Å². The van der Waals surface area contributed by atoms with Crippen molar-refractivity contribution in [3.8, 4) is 5.88 Å². The highest BCUT2D eigenvalue weighted by Crippen LogP contribution is 2.21. The molecule has 3 rings (SSSR count). The second-order valence-corrected chi connectivity index (χ2v) is 5.57. The molecule has 2 aromatic rings. The van der Waals surface area contributed by atoms with Crippen molar-refractivity contribution in [3.05, 3.63) is 48.4 Å². The standard InChI is InChI=1S/C17H18N4O3/c1-24-15-6-5-13(9-19-15)20-17(23)12-8-16(22)21(10-12)11-14-4-2-3-7-18-14/h2-7,9,12H,8,10-11H2,1H3,(H,20,23)/t12-/m1/s1. The van der Waals surface area contributed by atoms with Gasteiger partial charge in [0.2, 0.25) is 17.7 Å². The summed E-state index contributed by atoms with van der Waals surface area (Å²) in [5, 5.41) is 2.79. The molecular formula is C17H18N4O3. The Hall–Kier alpha value is -2.96. The lowest BCUT2D eigenvalue weighted by Crippen LogP contribution is -2.28. The van der Waals surface area contributed by atoms with E-state index < -0.39 is 0 Å². The van der Waals surface area contributed by atoms with Crippen molar-refractivity contribution < 1.29 is 14.3 Å². The molecule has 1 N–H and O–H groups in total. The second-order valence-electron chi connectivity index (χ2n) is 5.57. The number of aromatic nitrogens is 2. The van der Waals surface area contributed by atoms with Crippen LogP contribution >= 0.6 is 0 Å². The first-order valence-corrected chi connectivity index (χ1v) is 7.64. The molecule has 0 spiro atoms. The number of ether oxygens (including phenoxy) is 1. The molecule has 0 unspecified atom stereocenters. The van der Waals surface area contributed by atoms with Crippen LogP contribution in [0.25, 0.3) is 0 Å². The first-order valence-electron chi connectivity index (χ1n) is 7.64. The largest absolute Gasteiger partial charge is 0.481 e. The number of carbonyl (C=O) groups is 2. The molecule has 1 saturated heterocycles. The Balaban J connectivity index is 1.59. The summed E-state index contributed by atoms with van der Waals surface area (Å²) in [5.74, 6) is -0.110. The number of anilines is 1.